The van der Waals surface area contributed by atoms with E-state index in [0.29, 0.717) is 37.7 Å². The van der Waals surface area contributed by atoms with Gasteiger partial charge < -0.3 is 14.5 Å². The molecule has 0 aliphatic carbocycles. The number of carbonyl (C=O) groups is 1. The van der Waals surface area contributed by atoms with Crippen molar-refractivity contribution in [1.29, 1.82) is 0 Å². The third-order valence-corrected chi connectivity index (χ3v) is 4.66. The predicted molar refractivity (Wildman–Crippen MR) is 102 cm³/mol. The molecule has 1 saturated heterocycles. The van der Waals surface area contributed by atoms with Crippen LogP contribution in [0.4, 0.5) is 10.2 Å². The van der Waals surface area contributed by atoms with Gasteiger partial charge in [0.25, 0.3) is 5.91 Å². The summed E-state index contributed by atoms with van der Waals surface area (Å²) in [7, 11) is 0. The lowest BCUT2D eigenvalue weighted by molar-refractivity contribution is -0.138. The normalized spacial score (nSPS) is 15.2. The number of hydrogen-bond acceptors (Lipinski definition) is 7. The van der Waals surface area contributed by atoms with Gasteiger partial charge in [-0.15, -0.1) is 0 Å². The molecule has 9 nitrogen and oxygen atoms in total. The molecule has 1 atom stereocenters. The molecule has 0 bridgehead atoms. The van der Waals surface area contributed by atoms with Crippen LogP contribution in [-0.2, 0) is 4.79 Å². The summed E-state index contributed by atoms with van der Waals surface area (Å²) in [6, 6.07) is 7.62. The Morgan fingerprint density at radius 2 is 1.90 bits per heavy atom. The lowest BCUT2D eigenvalue weighted by atomic mass is 10.2. The molecule has 1 aromatic carbocycles. The van der Waals surface area contributed by atoms with Crippen LogP contribution in [0.1, 0.15) is 6.92 Å². The monoisotopic (exact) mass is 397 g/mol. The second-order valence-electron chi connectivity index (χ2n) is 6.60. The van der Waals surface area contributed by atoms with Gasteiger partial charge in [-0.05, 0) is 19.1 Å². The maximum atomic E-state index is 13.3. The van der Waals surface area contributed by atoms with Crippen molar-refractivity contribution in [3.63, 3.8) is 0 Å². The number of halogens is 1. The van der Waals surface area contributed by atoms with Crippen molar-refractivity contribution in [1.82, 2.24) is 29.6 Å². The highest BCUT2D eigenvalue weighted by atomic mass is 19.1. The van der Waals surface area contributed by atoms with E-state index in [1.165, 1.54) is 24.8 Å². The van der Waals surface area contributed by atoms with Crippen molar-refractivity contribution in [3.8, 4) is 11.6 Å². The van der Waals surface area contributed by atoms with Crippen LogP contribution >= 0.6 is 0 Å². The molecule has 2 aromatic heterocycles. The Kier molecular flexibility index (Phi) is 5.32. The molecular formula is C19H20FN7O2. The second kappa shape index (κ2) is 8.21. The number of aromatic nitrogens is 5. The molecule has 1 aliphatic rings. The van der Waals surface area contributed by atoms with Crippen LogP contribution in [0.2, 0.25) is 0 Å². The fourth-order valence-corrected chi connectivity index (χ4v) is 3.17. The van der Waals surface area contributed by atoms with Gasteiger partial charge >= 0.3 is 0 Å². The number of nitrogens with zero attached hydrogens (tertiary/aromatic N) is 7. The quantitative estimate of drug-likeness (QED) is 0.641. The highest BCUT2D eigenvalue weighted by Crippen LogP contribution is 2.18. The molecule has 1 aliphatic heterocycles. The largest absolute Gasteiger partial charge is 0.481 e. The smallest absolute Gasteiger partial charge is 0.263 e. The van der Waals surface area contributed by atoms with Crippen LogP contribution < -0.4 is 9.64 Å². The summed E-state index contributed by atoms with van der Waals surface area (Å²) in [6.45, 7) is 4.02. The molecule has 10 heteroatoms. The van der Waals surface area contributed by atoms with E-state index in [-0.39, 0.29) is 5.91 Å². The third kappa shape index (κ3) is 4.31. The molecule has 0 spiro atoms. The van der Waals surface area contributed by atoms with Gasteiger partial charge in [0.05, 0.1) is 0 Å². The molecule has 1 unspecified atom stereocenters. The van der Waals surface area contributed by atoms with Crippen molar-refractivity contribution in [3.05, 3.63) is 55.1 Å². The van der Waals surface area contributed by atoms with E-state index in [1.807, 2.05) is 6.07 Å². The summed E-state index contributed by atoms with van der Waals surface area (Å²) < 4.78 is 20.5. The van der Waals surface area contributed by atoms with E-state index in [0.717, 1.165) is 5.82 Å². The third-order valence-electron chi connectivity index (χ3n) is 4.66. The fourth-order valence-electron chi connectivity index (χ4n) is 3.17. The van der Waals surface area contributed by atoms with Gasteiger partial charge in [0.2, 0.25) is 0 Å². The molecule has 1 amide bonds. The van der Waals surface area contributed by atoms with Crippen LogP contribution in [0, 0.1) is 5.82 Å². The molecular weight excluding hydrogens is 377 g/mol. The number of rotatable bonds is 5. The summed E-state index contributed by atoms with van der Waals surface area (Å²) in [6.07, 6.45) is 3.81. The van der Waals surface area contributed by atoms with E-state index in [1.54, 1.807) is 35.0 Å². The van der Waals surface area contributed by atoms with Crippen molar-refractivity contribution in [2.24, 2.45) is 0 Å². The molecule has 3 aromatic rings. The van der Waals surface area contributed by atoms with Crippen molar-refractivity contribution in [2.75, 3.05) is 31.1 Å². The fraction of sp³-hybridized carbons (Fsp3) is 0.316. The van der Waals surface area contributed by atoms with Crippen molar-refractivity contribution < 1.29 is 13.9 Å². The van der Waals surface area contributed by atoms with Crippen molar-refractivity contribution >= 4 is 11.7 Å². The molecule has 0 N–H and O–H groups in total. The maximum absolute atomic E-state index is 13.3. The summed E-state index contributed by atoms with van der Waals surface area (Å²) >= 11 is 0. The van der Waals surface area contributed by atoms with Gasteiger partial charge in [-0.1, -0.05) is 6.07 Å². The number of carbonyl (C=O) groups excluding carboxylic acids is 1. The minimum atomic E-state index is -0.693. The standard InChI is InChI=1S/C19H20FN7O2/c1-14(29-16-4-2-3-15(20)9-16)19(28)26-7-5-25(6-8-26)17-10-18(23-12-22-17)27-13-21-11-24-27/h2-4,9-14H,5-8H2,1H3. The average molecular weight is 397 g/mol. The van der Waals surface area contributed by atoms with E-state index in [4.69, 9.17) is 4.74 Å². The Morgan fingerprint density at radius 1 is 1.10 bits per heavy atom. The van der Waals surface area contributed by atoms with Crippen LogP contribution in [0.3, 0.4) is 0 Å². The van der Waals surface area contributed by atoms with E-state index in [9.17, 15) is 9.18 Å². The Bertz CT molecular complexity index is 974. The van der Waals surface area contributed by atoms with Gasteiger partial charge in [0.1, 0.15) is 36.4 Å². The Labute approximate surface area is 166 Å². The number of anilines is 1. The molecule has 1 fully saturated rings. The maximum Gasteiger partial charge on any atom is 0.263 e. The topological polar surface area (TPSA) is 89.3 Å². The molecule has 0 radical (unpaired) electrons. The van der Waals surface area contributed by atoms with E-state index >= 15 is 0 Å². The zero-order valence-corrected chi connectivity index (χ0v) is 15.8. The SMILES string of the molecule is CC(Oc1cccc(F)c1)C(=O)N1CCN(c2cc(-n3cncn3)ncn2)CC1. The Balaban J connectivity index is 1.35. The molecule has 4 rings (SSSR count). The molecule has 3 heterocycles. The second-order valence-corrected chi connectivity index (χ2v) is 6.60. The Morgan fingerprint density at radius 3 is 2.62 bits per heavy atom. The highest BCUT2D eigenvalue weighted by molar-refractivity contribution is 5.81. The van der Waals surface area contributed by atoms with E-state index < -0.39 is 11.9 Å². The van der Waals surface area contributed by atoms with Crippen LogP contribution in [0.25, 0.3) is 5.82 Å². The van der Waals surface area contributed by atoms with Crippen molar-refractivity contribution in [2.45, 2.75) is 13.0 Å². The van der Waals surface area contributed by atoms with E-state index in [2.05, 4.69) is 25.0 Å². The first-order valence-corrected chi connectivity index (χ1v) is 9.23. The summed E-state index contributed by atoms with van der Waals surface area (Å²) in [5, 5.41) is 4.07. The Hall–Kier alpha value is -3.56. The first kappa shape index (κ1) is 18.8. The van der Waals surface area contributed by atoms with Gasteiger partial charge in [-0.2, -0.15) is 5.10 Å². The first-order chi connectivity index (χ1) is 14.1. The zero-order valence-electron chi connectivity index (χ0n) is 15.8. The lowest BCUT2D eigenvalue weighted by Crippen LogP contribution is -2.52. The van der Waals surface area contributed by atoms with Gasteiger partial charge in [0.15, 0.2) is 11.9 Å². The number of benzene rings is 1. The van der Waals surface area contributed by atoms with Gasteiger partial charge in [0, 0.05) is 38.3 Å². The minimum Gasteiger partial charge on any atom is -0.481 e. The highest BCUT2D eigenvalue weighted by Gasteiger charge is 2.26. The van der Waals surface area contributed by atoms with Crippen LogP contribution in [-0.4, -0.2) is 67.8 Å². The van der Waals surface area contributed by atoms with Crippen LogP contribution in [0.5, 0.6) is 5.75 Å². The number of amides is 1. The number of hydrogen-bond donors (Lipinski definition) is 0. The first-order valence-electron chi connectivity index (χ1n) is 9.23. The molecule has 150 valence electrons. The van der Waals surface area contributed by atoms with Crippen LogP contribution in [0.15, 0.2) is 49.3 Å². The lowest BCUT2D eigenvalue weighted by Gasteiger charge is -2.36. The number of piperazine rings is 1. The van der Waals surface area contributed by atoms with Gasteiger partial charge in [-0.3, -0.25) is 4.79 Å². The summed E-state index contributed by atoms with van der Waals surface area (Å²) in [4.78, 5) is 29.0. The summed E-state index contributed by atoms with van der Waals surface area (Å²) in [5.41, 5.74) is 0. The molecule has 29 heavy (non-hydrogen) atoms. The van der Waals surface area contributed by atoms with Gasteiger partial charge in [-0.25, -0.2) is 24.0 Å². The zero-order chi connectivity index (χ0) is 20.2. The molecule has 0 saturated carbocycles. The summed E-state index contributed by atoms with van der Waals surface area (Å²) in [5.74, 6) is 1.21. The number of ether oxygens (including phenoxy) is 1. The average Bonchev–Trinajstić information content (AvgIpc) is 3.28. The predicted octanol–water partition coefficient (Wildman–Crippen LogP) is 1.31. The minimum absolute atomic E-state index is 0.125.